The minimum atomic E-state index is 0.101. The van der Waals surface area contributed by atoms with Gasteiger partial charge in [-0.2, -0.15) is 0 Å². The van der Waals surface area contributed by atoms with E-state index in [1.165, 1.54) is 43.8 Å². The van der Waals surface area contributed by atoms with Crippen molar-refractivity contribution in [2.75, 3.05) is 0 Å². The van der Waals surface area contributed by atoms with E-state index in [0.29, 0.717) is 23.7 Å². The van der Waals surface area contributed by atoms with Crippen molar-refractivity contribution >= 4 is 21.5 Å². The van der Waals surface area contributed by atoms with Crippen LogP contribution in [0.25, 0.3) is 21.5 Å². The lowest BCUT2D eigenvalue weighted by Crippen LogP contribution is -2.15. The highest BCUT2D eigenvalue weighted by Crippen LogP contribution is 2.60. The Bertz CT molecular complexity index is 1250. The Hall–Kier alpha value is -2.64. The van der Waals surface area contributed by atoms with Gasteiger partial charge in [-0.15, -0.1) is 0 Å². The van der Waals surface area contributed by atoms with Gasteiger partial charge in [0.25, 0.3) is 0 Å². The second kappa shape index (κ2) is 5.68. The molecule has 4 unspecified atom stereocenters. The van der Waals surface area contributed by atoms with Gasteiger partial charge in [0.15, 0.2) is 0 Å². The molecule has 0 spiro atoms. The van der Waals surface area contributed by atoms with Crippen molar-refractivity contribution < 1.29 is 5.11 Å². The van der Waals surface area contributed by atoms with E-state index in [-0.39, 0.29) is 6.61 Å². The van der Waals surface area contributed by atoms with Gasteiger partial charge < -0.3 is 5.11 Å². The molecular weight excluding hydrogens is 340 g/mol. The van der Waals surface area contributed by atoms with E-state index in [1.54, 1.807) is 0 Å². The SMILES string of the molecule is CC1c2cccc3cccc(c23)C1C1c2cccc3c(CO)ccc(c23)C1C. The highest BCUT2D eigenvalue weighted by Gasteiger charge is 2.43. The van der Waals surface area contributed by atoms with Gasteiger partial charge in [0.05, 0.1) is 6.61 Å². The number of aliphatic hydroxyl groups excluding tert-OH is 1. The van der Waals surface area contributed by atoms with Crippen LogP contribution in [0.15, 0.2) is 66.7 Å². The van der Waals surface area contributed by atoms with Crippen molar-refractivity contribution in [2.45, 2.75) is 44.1 Å². The maximum atomic E-state index is 9.84. The van der Waals surface area contributed by atoms with E-state index in [4.69, 9.17) is 0 Å². The van der Waals surface area contributed by atoms with E-state index in [0.717, 1.165) is 5.56 Å². The van der Waals surface area contributed by atoms with E-state index in [1.807, 2.05) is 0 Å². The lowest BCUT2D eigenvalue weighted by molar-refractivity contribution is 0.283. The first-order valence-corrected chi connectivity index (χ1v) is 10.4. The molecule has 1 heteroatoms. The van der Waals surface area contributed by atoms with E-state index < -0.39 is 0 Å². The molecule has 0 saturated carbocycles. The lowest BCUT2D eigenvalue weighted by Gasteiger charge is -2.30. The molecule has 4 aromatic carbocycles. The highest BCUT2D eigenvalue weighted by atomic mass is 16.3. The summed E-state index contributed by atoms with van der Waals surface area (Å²) in [6, 6.07) is 24.7. The summed E-state index contributed by atoms with van der Waals surface area (Å²) in [6.45, 7) is 4.91. The molecule has 138 valence electrons. The predicted molar refractivity (Wildman–Crippen MR) is 116 cm³/mol. The molecule has 1 nitrogen and oxygen atoms in total. The van der Waals surface area contributed by atoms with Gasteiger partial charge in [0, 0.05) is 0 Å². The molecule has 0 bridgehead atoms. The van der Waals surface area contributed by atoms with Crippen LogP contribution in [0, 0.1) is 0 Å². The average molecular weight is 364 g/mol. The number of benzene rings is 4. The van der Waals surface area contributed by atoms with Crippen LogP contribution < -0.4 is 0 Å². The molecule has 4 atom stereocenters. The third-order valence-electron chi connectivity index (χ3n) is 7.50. The number of aliphatic hydroxyl groups is 1. The van der Waals surface area contributed by atoms with Crippen LogP contribution in [0.2, 0.25) is 0 Å². The normalized spacial score (nSPS) is 25.1. The fraction of sp³-hybridized carbons (Fsp3) is 0.259. The Morgan fingerprint density at radius 3 is 1.89 bits per heavy atom. The number of hydrogen-bond donors (Lipinski definition) is 1. The van der Waals surface area contributed by atoms with Crippen LogP contribution in [0.1, 0.15) is 65.3 Å². The van der Waals surface area contributed by atoms with Crippen LogP contribution in [0.5, 0.6) is 0 Å². The molecule has 0 amide bonds. The topological polar surface area (TPSA) is 20.2 Å². The third kappa shape index (κ3) is 1.90. The molecule has 0 radical (unpaired) electrons. The second-order valence-electron chi connectivity index (χ2n) is 8.66. The zero-order chi connectivity index (χ0) is 19.0. The third-order valence-corrected chi connectivity index (χ3v) is 7.50. The monoisotopic (exact) mass is 364 g/mol. The quantitative estimate of drug-likeness (QED) is 0.425. The van der Waals surface area contributed by atoms with Gasteiger partial charge in [0.1, 0.15) is 0 Å². The standard InChI is InChI=1S/C27H24O/c1-15-19-8-3-6-17-7-4-10-22(26(17)19)24(15)25-16(2)20-13-12-18(14-28)21-9-5-11-23(25)27(20)21/h3-13,15-16,24-25,28H,14H2,1-2H3. The van der Waals surface area contributed by atoms with Gasteiger partial charge in [-0.3, -0.25) is 0 Å². The first kappa shape index (κ1) is 16.3. The summed E-state index contributed by atoms with van der Waals surface area (Å²) >= 11 is 0. The summed E-state index contributed by atoms with van der Waals surface area (Å²) in [5.41, 5.74) is 6.98. The smallest absolute Gasteiger partial charge is 0.0687 e. The Morgan fingerprint density at radius 1 is 0.643 bits per heavy atom. The van der Waals surface area contributed by atoms with Crippen LogP contribution in [0.4, 0.5) is 0 Å². The molecule has 28 heavy (non-hydrogen) atoms. The zero-order valence-electron chi connectivity index (χ0n) is 16.3. The van der Waals surface area contributed by atoms with Crippen molar-refractivity contribution in [3.8, 4) is 0 Å². The van der Waals surface area contributed by atoms with Crippen molar-refractivity contribution in [2.24, 2.45) is 0 Å². The molecular formula is C27H24O. The number of hydrogen-bond acceptors (Lipinski definition) is 1. The summed E-state index contributed by atoms with van der Waals surface area (Å²) in [4.78, 5) is 0. The van der Waals surface area contributed by atoms with Crippen molar-refractivity contribution in [1.29, 1.82) is 0 Å². The molecule has 0 heterocycles. The lowest BCUT2D eigenvalue weighted by atomic mass is 9.73. The average Bonchev–Trinajstić information content (AvgIpc) is 3.17. The largest absolute Gasteiger partial charge is 0.392 e. The molecule has 0 aromatic heterocycles. The van der Waals surface area contributed by atoms with Crippen LogP contribution in [0.3, 0.4) is 0 Å². The van der Waals surface area contributed by atoms with E-state index >= 15 is 0 Å². The number of rotatable bonds is 2. The summed E-state index contributed by atoms with van der Waals surface area (Å²) in [5, 5.41) is 15.3. The Balaban J connectivity index is 1.61. The van der Waals surface area contributed by atoms with Gasteiger partial charge in [0.2, 0.25) is 0 Å². The molecule has 0 saturated heterocycles. The first-order chi connectivity index (χ1) is 13.7. The summed E-state index contributed by atoms with van der Waals surface area (Å²) < 4.78 is 0. The minimum Gasteiger partial charge on any atom is -0.392 e. The van der Waals surface area contributed by atoms with Crippen molar-refractivity contribution in [1.82, 2.24) is 0 Å². The summed E-state index contributed by atoms with van der Waals surface area (Å²) in [5.74, 6) is 1.95. The maximum absolute atomic E-state index is 9.84. The Morgan fingerprint density at radius 2 is 1.21 bits per heavy atom. The fourth-order valence-corrected chi connectivity index (χ4v) is 6.31. The summed E-state index contributed by atoms with van der Waals surface area (Å²) in [6.07, 6.45) is 0. The first-order valence-electron chi connectivity index (χ1n) is 10.4. The molecule has 0 fully saturated rings. The fourth-order valence-electron chi connectivity index (χ4n) is 6.31. The molecule has 1 N–H and O–H groups in total. The zero-order valence-corrected chi connectivity index (χ0v) is 16.3. The molecule has 2 aliphatic carbocycles. The van der Waals surface area contributed by atoms with E-state index in [9.17, 15) is 5.11 Å². The van der Waals surface area contributed by atoms with Crippen molar-refractivity contribution in [3.05, 3.63) is 94.5 Å². The molecule has 4 aromatic rings. The van der Waals surface area contributed by atoms with Crippen LogP contribution in [-0.4, -0.2) is 5.11 Å². The maximum Gasteiger partial charge on any atom is 0.0687 e. The molecule has 0 aliphatic heterocycles. The van der Waals surface area contributed by atoms with Crippen molar-refractivity contribution in [3.63, 3.8) is 0 Å². The van der Waals surface area contributed by atoms with Gasteiger partial charge in [-0.1, -0.05) is 80.6 Å². The Kier molecular flexibility index (Phi) is 3.31. The molecule has 6 rings (SSSR count). The second-order valence-corrected chi connectivity index (χ2v) is 8.66. The molecule has 2 aliphatic rings. The van der Waals surface area contributed by atoms with Gasteiger partial charge in [-0.05, 0) is 73.0 Å². The predicted octanol–water partition coefficient (Wildman–Crippen LogP) is 6.59. The van der Waals surface area contributed by atoms with Crippen LogP contribution in [-0.2, 0) is 6.61 Å². The highest BCUT2D eigenvalue weighted by molar-refractivity contribution is 5.96. The minimum absolute atomic E-state index is 0.101. The summed E-state index contributed by atoms with van der Waals surface area (Å²) in [7, 11) is 0. The van der Waals surface area contributed by atoms with Gasteiger partial charge in [-0.25, -0.2) is 0 Å². The van der Waals surface area contributed by atoms with Gasteiger partial charge >= 0.3 is 0 Å². The van der Waals surface area contributed by atoms with Crippen LogP contribution >= 0.6 is 0 Å². The van der Waals surface area contributed by atoms with E-state index in [2.05, 4.69) is 80.6 Å². The Labute approximate surface area is 165 Å².